The van der Waals surface area contributed by atoms with Crippen LogP contribution in [0.2, 0.25) is 5.02 Å². The fraction of sp³-hybridized carbons (Fsp3) is 0.300. The number of carbonyl (C=O) groups is 1. The largest absolute Gasteiger partial charge is 0.338 e. The molecule has 0 radical (unpaired) electrons. The van der Waals surface area contributed by atoms with Gasteiger partial charge in [0, 0.05) is 41.5 Å². The molecular formula is C20H20ClN5O. The number of carbonyl (C=O) groups excluding carboxylic acids is 1. The van der Waals surface area contributed by atoms with E-state index in [4.69, 9.17) is 16.6 Å². The molecule has 1 aliphatic heterocycles. The molecule has 138 valence electrons. The average Bonchev–Trinajstić information content (AvgIpc) is 3.13. The SMILES string of the molecule is Cc1[nH]ncc1C(=O)N1CCC(c2cncc(-c3cccc(Cl)c3)n2)CC1. The van der Waals surface area contributed by atoms with Crippen LogP contribution in [0.15, 0.2) is 42.9 Å². The number of amides is 1. The fourth-order valence-electron chi connectivity index (χ4n) is 3.48. The van der Waals surface area contributed by atoms with Gasteiger partial charge in [0.15, 0.2) is 0 Å². The number of piperidine rings is 1. The number of halogens is 1. The Labute approximate surface area is 162 Å². The number of nitrogens with one attached hydrogen (secondary N) is 1. The predicted octanol–water partition coefficient (Wildman–Crippen LogP) is 3.85. The van der Waals surface area contributed by atoms with Crippen molar-refractivity contribution in [1.29, 1.82) is 0 Å². The van der Waals surface area contributed by atoms with Crippen LogP contribution in [0.3, 0.4) is 0 Å². The third-order valence-corrected chi connectivity index (χ3v) is 5.27. The highest BCUT2D eigenvalue weighted by Gasteiger charge is 2.27. The quantitative estimate of drug-likeness (QED) is 0.747. The first-order valence-electron chi connectivity index (χ1n) is 8.99. The van der Waals surface area contributed by atoms with Crippen LogP contribution in [-0.4, -0.2) is 44.1 Å². The molecule has 1 fully saturated rings. The Morgan fingerprint density at radius 1 is 1.22 bits per heavy atom. The van der Waals surface area contributed by atoms with Gasteiger partial charge in [-0.2, -0.15) is 5.10 Å². The molecule has 6 nitrogen and oxygen atoms in total. The maximum absolute atomic E-state index is 12.6. The van der Waals surface area contributed by atoms with Crippen molar-refractivity contribution in [3.05, 3.63) is 64.8 Å². The molecule has 1 N–H and O–H groups in total. The molecule has 0 unspecified atom stereocenters. The van der Waals surface area contributed by atoms with Crippen molar-refractivity contribution in [1.82, 2.24) is 25.1 Å². The molecular weight excluding hydrogens is 362 g/mol. The lowest BCUT2D eigenvalue weighted by Crippen LogP contribution is -2.38. The van der Waals surface area contributed by atoms with Crippen LogP contribution >= 0.6 is 11.6 Å². The van der Waals surface area contributed by atoms with Gasteiger partial charge in [0.2, 0.25) is 0 Å². The van der Waals surface area contributed by atoms with E-state index in [0.29, 0.717) is 29.6 Å². The summed E-state index contributed by atoms with van der Waals surface area (Å²) in [5.41, 5.74) is 4.21. The van der Waals surface area contributed by atoms with Crippen molar-refractivity contribution >= 4 is 17.5 Å². The molecule has 1 aliphatic rings. The summed E-state index contributed by atoms with van der Waals surface area (Å²) in [7, 11) is 0. The second-order valence-electron chi connectivity index (χ2n) is 6.81. The second kappa shape index (κ2) is 7.48. The smallest absolute Gasteiger partial charge is 0.257 e. The number of likely N-dealkylation sites (tertiary alicyclic amines) is 1. The third-order valence-electron chi connectivity index (χ3n) is 5.03. The molecule has 0 aliphatic carbocycles. The summed E-state index contributed by atoms with van der Waals surface area (Å²) in [6, 6.07) is 7.63. The minimum atomic E-state index is 0.0402. The van der Waals surface area contributed by atoms with E-state index in [0.717, 1.165) is 35.5 Å². The highest BCUT2D eigenvalue weighted by Crippen LogP contribution is 2.29. The summed E-state index contributed by atoms with van der Waals surface area (Å²) in [5, 5.41) is 7.45. The maximum atomic E-state index is 12.6. The van der Waals surface area contributed by atoms with E-state index < -0.39 is 0 Å². The van der Waals surface area contributed by atoms with Crippen LogP contribution in [0.4, 0.5) is 0 Å². The summed E-state index contributed by atoms with van der Waals surface area (Å²) in [4.78, 5) is 23.7. The lowest BCUT2D eigenvalue weighted by atomic mass is 9.93. The van der Waals surface area contributed by atoms with Gasteiger partial charge < -0.3 is 4.90 Å². The van der Waals surface area contributed by atoms with Gasteiger partial charge in [-0.15, -0.1) is 0 Å². The predicted molar refractivity (Wildman–Crippen MR) is 104 cm³/mol. The molecule has 3 heterocycles. The van der Waals surface area contributed by atoms with E-state index in [-0.39, 0.29) is 5.91 Å². The molecule has 0 saturated carbocycles. The van der Waals surface area contributed by atoms with Crippen LogP contribution < -0.4 is 0 Å². The molecule has 1 saturated heterocycles. The van der Waals surface area contributed by atoms with Crippen LogP contribution in [0.1, 0.15) is 40.5 Å². The van der Waals surface area contributed by atoms with Gasteiger partial charge in [-0.3, -0.25) is 14.9 Å². The minimum Gasteiger partial charge on any atom is -0.338 e. The Hall–Kier alpha value is -2.73. The Balaban J connectivity index is 1.46. The first-order valence-corrected chi connectivity index (χ1v) is 9.37. The minimum absolute atomic E-state index is 0.0402. The highest BCUT2D eigenvalue weighted by molar-refractivity contribution is 6.30. The lowest BCUT2D eigenvalue weighted by molar-refractivity contribution is 0.0711. The zero-order chi connectivity index (χ0) is 18.8. The van der Waals surface area contributed by atoms with Crippen molar-refractivity contribution in [3.8, 4) is 11.3 Å². The molecule has 0 spiro atoms. The van der Waals surface area contributed by atoms with E-state index in [1.165, 1.54) is 0 Å². The van der Waals surface area contributed by atoms with E-state index in [2.05, 4.69) is 15.2 Å². The Kier molecular flexibility index (Phi) is 4.90. The summed E-state index contributed by atoms with van der Waals surface area (Å²) in [5.74, 6) is 0.338. The number of benzene rings is 1. The van der Waals surface area contributed by atoms with Gasteiger partial charge in [0.05, 0.1) is 29.3 Å². The topological polar surface area (TPSA) is 74.8 Å². The third kappa shape index (κ3) is 3.71. The molecule has 27 heavy (non-hydrogen) atoms. The van der Waals surface area contributed by atoms with Crippen LogP contribution in [0, 0.1) is 6.92 Å². The van der Waals surface area contributed by atoms with E-state index in [9.17, 15) is 4.79 Å². The highest BCUT2D eigenvalue weighted by atomic mass is 35.5. The summed E-state index contributed by atoms with van der Waals surface area (Å²) >= 11 is 6.09. The molecule has 1 amide bonds. The molecule has 7 heteroatoms. The number of H-pyrrole nitrogens is 1. The number of hydrogen-bond donors (Lipinski definition) is 1. The lowest BCUT2D eigenvalue weighted by Gasteiger charge is -2.31. The zero-order valence-corrected chi connectivity index (χ0v) is 15.8. The number of hydrogen-bond acceptors (Lipinski definition) is 4. The van der Waals surface area contributed by atoms with Crippen molar-refractivity contribution in [2.45, 2.75) is 25.7 Å². The summed E-state index contributed by atoms with van der Waals surface area (Å²) < 4.78 is 0. The van der Waals surface area contributed by atoms with Crippen molar-refractivity contribution in [2.75, 3.05) is 13.1 Å². The van der Waals surface area contributed by atoms with E-state index in [1.54, 1.807) is 12.4 Å². The first-order chi connectivity index (χ1) is 13.1. The number of aromatic nitrogens is 4. The van der Waals surface area contributed by atoms with Gasteiger partial charge >= 0.3 is 0 Å². The monoisotopic (exact) mass is 381 g/mol. The van der Waals surface area contributed by atoms with Gasteiger partial charge in [-0.1, -0.05) is 23.7 Å². The van der Waals surface area contributed by atoms with Gasteiger partial charge in [0.25, 0.3) is 5.91 Å². The zero-order valence-electron chi connectivity index (χ0n) is 15.0. The van der Waals surface area contributed by atoms with Crippen LogP contribution in [0.25, 0.3) is 11.3 Å². The Morgan fingerprint density at radius 3 is 2.74 bits per heavy atom. The molecule has 0 bridgehead atoms. The summed E-state index contributed by atoms with van der Waals surface area (Å²) in [6.45, 7) is 3.28. The van der Waals surface area contributed by atoms with Crippen LogP contribution in [0.5, 0.6) is 0 Å². The van der Waals surface area contributed by atoms with Crippen LogP contribution in [-0.2, 0) is 0 Å². The molecule has 3 aromatic rings. The van der Waals surface area contributed by atoms with Gasteiger partial charge in [-0.05, 0) is 31.9 Å². The molecule has 1 aromatic carbocycles. The number of rotatable bonds is 3. The van der Waals surface area contributed by atoms with Crippen molar-refractivity contribution < 1.29 is 4.79 Å². The molecule has 0 atom stereocenters. The molecule has 4 rings (SSSR count). The molecule has 2 aromatic heterocycles. The maximum Gasteiger partial charge on any atom is 0.257 e. The number of aromatic amines is 1. The van der Waals surface area contributed by atoms with E-state index in [1.807, 2.05) is 42.3 Å². The number of nitrogens with zero attached hydrogens (tertiary/aromatic N) is 4. The summed E-state index contributed by atoms with van der Waals surface area (Å²) in [6.07, 6.45) is 6.93. The van der Waals surface area contributed by atoms with Gasteiger partial charge in [-0.25, -0.2) is 4.98 Å². The Bertz CT molecular complexity index is 962. The standard InChI is InChI=1S/C20H20ClN5O/c1-13-17(10-23-25-13)20(27)26-7-5-14(6-8-26)18-11-22-12-19(24-18)15-3-2-4-16(21)9-15/h2-4,9-12,14H,5-8H2,1H3,(H,23,25). The van der Waals surface area contributed by atoms with Crippen molar-refractivity contribution in [2.24, 2.45) is 0 Å². The first kappa shape index (κ1) is 17.7. The number of aryl methyl sites for hydroxylation is 1. The Morgan fingerprint density at radius 2 is 2.04 bits per heavy atom. The van der Waals surface area contributed by atoms with Gasteiger partial charge in [0.1, 0.15) is 0 Å². The fourth-order valence-corrected chi connectivity index (χ4v) is 3.67. The normalized spacial score (nSPS) is 15.1. The van der Waals surface area contributed by atoms with E-state index >= 15 is 0 Å². The van der Waals surface area contributed by atoms with Crippen molar-refractivity contribution in [3.63, 3.8) is 0 Å². The average molecular weight is 382 g/mol. The second-order valence-corrected chi connectivity index (χ2v) is 7.25.